The van der Waals surface area contributed by atoms with E-state index in [2.05, 4.69) is 27.1 Å². The van der Waals surface area contributed by atoms with Crippen molar-refractivity contribution in [3.05, 3.63) is 0 Å². The Morgan fingerprint density at radius 1 is 0.950 bits per heavy atom. The first-order valence-corrected chi connectivity index (χ1v) is 7.91. The Balaban J connectivity index is 0.000000204. The molecule has 6 heteroatoms. The molecule has 0 atom stereocenters. The Morgan fingerprint density at radius 3 is 2.10 bits per heavy atom. The molecule has 0 radical (unpaired) electrons. The Hall–Kier alpha value is -0.240. The van der Waals surface area contributed by atoms with Crippen LogP contribution in [0.25, 0.3) is 0 Å². The summed E-state index contributed by atoms with van der Waals surface area (Å²) in [5, 5.41) is 11.8. The normalized spacial score (nSPS) is 22.4. The third-order valence-corrected chi connectivity index (χ3v) is 3.90. The summed E-state index contributed by atoms with van der Waals surface area (Å²) in [6.07, 6.45) is 1.14. The minimum atomic E-state index is 0.292. The van der Waals surface area contributed by atoms with Gasteiger partial charge in [0.1, 0.15) is 0 Å². The van der Waals surface area contributed by atoms with Gasteiger partial charge in [-0.05, 0) is 26.6 Å². The number of nitrogens with one attached hydrogen (secondary N) is 1. The largest absolute Gasteiger partial charge is 0.395 e. The molecule has 2 rings (SSSR count). The van der Waals surface area contributed by atoms with Crippen LogP contribution in [0.3, 0.4) is 0 Å². The number of hydrogen-bond acceptors (Lipinski definition) is 6. The Bertz CT molecular complexity index is 210. The van der Waals surface area contributed by atoms with Crippen LogP contribution in [0.5, 0.6) is 0 Å². The fraction of sp³-hybridized carbons (Fsp3) is 1.00. The number of nitrogens with two attached hydrogens (primary N) is 1. The zero-order valence-corrected chi connectivity index (χ0v) is 13.1. The van der Waals surface area contributed by atoms with E-state index in [1.54, 1.807) is 0 Å². The van der Waals surface area contributed by atoms with Gasteiger partial charge < -0.3 is 26.0 Å². The molecular formula is C14H33N5O. The number of likely N-dealkylation sites (N-methyl/N-ethyl adjacent to an activating group) is 1. The highest BCUT2D eigenvalue weighted by atomic mass is 16.3. The predicted molar refractivity (Wildman–Crippen MR) is 84.0 cm³/mol. The van der Waals surface area contributed by atoms with Gasteiger partial charge in [0, 0.05) is 58.9 Å². The van der Waals surface area contributed by atoms with Crippen LogP contribution in [-0.2, 0) is 0 Å². The van der Waals surface area contributed by atoms with Crippen molar-refractivity contribution in [1.29, 1.82) is 0 Å². The molecule has 120 valence electrons. The highest BCUT2D eigenvalue weighted by Crippen LogP contribution is 1.98. The summed E-state index contributed by atoms with van der Waals surface area (Å²) >= 11 is 0. The van der Waals surface area contributed by atoms with Crippen LogP contribution in [0.15, 0.2) is 0 Å². The first kappa shape index (κ1) is 17.8. The maximum atomic E-state index is 8.56. The molecule has 6 nitrogen and oxygen atoms in total. The second kappa shape index (κ2) is 11.4. The molecule has 20 heavy (non-hydrogen) atoms. The molecule has 4 N–H and O–H groups in total. The van der Waals surface area contributed by atoms with E-state index in [1.807, 2.05) is 0 Å². The zero-order valence-electron chi connectivity index (χ0n) is 13.1. The topological polar surface area (TPSA) is 68.0 Å². The molecule has 0 aromatic carbocycles. The molecule has 2 aliphatic rings. The predicted octanol–water partition coefficient (Wildman–Crippen LogP) is -1.53. The number of rotatable bonds is 5. The van der Waals surface area contributed by atoms with Crippen molar-refractivity contribution in [2.45, 2.75) is 6.42 Å². The van der Waals surface area contributed by atoms with E-state index in [0.717, 1.165) is 45.7 Å². The van der Waals surface area contributed by atoms with Gasteiger partial charge in [0.2, 0.25) is 0 Å². The van der Waals surface area contributed by atoms with Gasteiger partial charge in [0.15, 0.2) is 0 Å². The minimum Gasteiger partial charge on any atom is -0.395 e. The number of nitrogens with zero attached hydrogens (tertiary/aromatic N) is 3. The van der Waals surface area contributed by atoms with Gasteiger partial charge in [0.05, 0.1) is 6.61 Å². The lowest BCUT2D eigenvalue weighted by Gasteiger charge is -2.32. The summed E-state index contributed by atoms with van der Waals surface area (Å²) in [4.78, 5) is 7.13. The highest BCUT2D eigenvalue weighted by molar-refractivity contribution is 4.68. The van der Waals surface area contributed by atoms with E-state index in [9.17, 15) is 0 Å². The molecular weight excluding hydrogens is 254 g/mol. The third kappa shape index (κ3) is 8.14. The van der Waals surface area contributed by atoms with Gasteiger partial charge in [-0.15, -0.1) is 0 Å². The monoisotopic (exact) mass is 287 g/mol. The summed E-state index contributed by atoms with van der Waals surface area (Å²) in [5.41, 5.74) is 5.44. The van der Waals surface area contributed by atoms with Crippen LogP contribution < -0.4 is 11.1 Å². The van der Waals surface area contributed by atoms with Crippen LogP contribution >= 0.6 is 0 Å². The summed E-state index contributed by atoms with van der Waals surface area (Å²) in [7, 11) is 2.18. The van der Waals surface area contributed by atoms with Crippen molar-refractivity contribution < 1.29 is 5.11 Å². The lowest BCUT2D eigenvalue weighted by atomic mass is 10.3. The smallest absolute Gasteiger partial charge is 0.0558 e. The van der Waals surface area contributed by atoms with Gasteiger partial charge in [-0.1, -0.05) is 0 Å². The molecule has 0 saturated carbocycles. The second-order valence-electron chi connectivity index (χ2n) is 5.60. The van der Waals surface area contributed by atoms with E-state index >= 15 is 0 Å². The van der Waals surface area contributed by atoms with Gasteiger partial charge in [-0.2, -0.15) is 0 Å². The molecule has 0 aliphatic carbocycles. The van der Waals surface area contributed by atoms with Crippen molar-refractivity contribution in [3.8, 4) is 0 Å². The maximum Gasteiger partial charge on any atom is 0.0558 e. The standard InChI is InChI=1S/C8H19N3.C6H14N2O/c1-10-5-7-11(8-6-10)4-2-3-9;9-6-5-8-3-1-7-2-4-8/h2-9H2,1H3;7,9H,1-6H2. The molecule has 0 spiro atoms. The van der Waals surface area contributed by atoms with Gasteiger partial charge in [-0.25, -0.2) is 0 Å². The van der Waals surface area contributed by atoms with Crippen LogP contribution in [-0.4, -0.2) is 105 Å². The molecule has 2 aliphatic heterocycles. The molecule has 0 aromatic heterocycles. The average Bonchev–Trinajstić information content (AvgIpc) is 2.49. The average molecular weight is 287 g/mol. The van der Waals surface area contributed by atoms with E-state index in [1.165, 1.54) is 32.7 Å². The van der Waals surface area contributed by atoms with E-state index in [-0.39, 0.29) is 0 Å². The quantitative estimate of drug-likeness (QED) is 0.570. The van der Waals surface area contributed by atoms with Crippen molar-refractivity contribution in [2.75, 3.05) is 85.6 Å². The molecule has 2 fully saturated rings. The van der Waals surface area contributed by atoms with Crippen LogP contribution in [0.2, 0.25) is 0 Å². The number of piperazine rings is 2. The fourth-order valence-corrected chi connectivity index (χ4v) is 2.46. The van der Waals surface area contributed by atoms with Crippen LogP contribution in [0, 0.1) is 0 Å². The summed E-state index contributed by atoms with van der Waals surface area (Å²) < 4.78 is 0. The van der Waals surface area contributed by atoms with E-state index in [0.29, 0.717) is 6.61 Å². The maximum absolute atomic E-state index is 8.56. The number of aliphatic hydroxyl groups excluding tert-OH is 1. The first-order valence-electron chi connectivity index (χ1n) is 7.91. The number of β-amino-alcohol motifs (C(OH)–C–C–N with tert-alkyl or cyclic N) is 1. The molecule has 2 saturated heterocycles. The fourth-order valence-electron chi connectivity index (χ4n) is 2.46. The third-order valence-electron chi connectivity index (χ3n) is 3.90. The van der Waals surface area contributed by atoms with Crippen LogP contribution in [0.4, 0.5) is 0 Å². The van der Waals surface area contributed by atoms with Crippen molar-refractivity contribution in [1.82, 2.24) is 20.0 Å². The summed E-state index contributed by atoms with van der Waals surface area (Å²) in [5.74, 6) is 0. The lowest BCUT2D eigenvalue weighted by Crippen LogP contribution is -2.44. The summed E-state index contributed by atoms with van der Waals surface area (Å²) in [6.45, 7) is 12.3. The lowest BCUT2D eigenvalue weighted by molar-refractivity contribution is 0.153. The van der Waals surface area contributed by atoms with Gasteiger partial charge in [0.25, 0.3) is 0 Å². The highest BCUT2D eigenvalue weighted by Gasteiger charge is 2.12. The minimum absolute atomic E-state index is 0.292. The Labute approximate surface area is 123 Å². The van der Waals surface area contributed by atoms with E-state index in [4.69, 9.17) is 10.8 Å². The van der Waals surface area contributed by atoms with Crippen molar-refractivity contribution in [3.63, 3.8) is 0 Å². The Morgan fingerprint density at radius 2 is 1.55 bits per heavy atom. The first-order chi connectivity index (χ1) is 9.76. The van der Waals surface area contributed by atoms with Gasteiger partial charge >= 0.3 is 0 Å². The second-order valence-corrected chi connectivity index (χ2v) is 5.60. The van der Waals surface area contributed by atoms with Gasteiger partial charge in [-0.3, -0.25) is 4.90 Å². The number of aliphatic hydroxyl groups is 1. The Kier molecular flexibility index (Phi) is 10.2. The molecule has 2 heterocycles. The van der Waals surface area contributed by atoms with E-state index < -0.39 is 0 Å². The molecule has 0 amide bonds. The van der Waals surface area contributed by atoms with Crippen LogP contribution in [0.1, 0.15) is 6.42 Å². The molecule has 0 unspecified atom stereocenters. The van der Waals surface area contributed by atoms with Crippen molar-refractivity contribution in [2.24, 2.45) is 5.73 Å². The zero-order chi connectivity index (χ0) is 14.6. The molecule has 0 aromatic rings. The molecule has 0 bridgehead atoms. The SMILES string of the molecule is CN1CCN(CCCN)CC1.OCCN1CCNCC1. The van der Waals surface area contributed by atoms with Crippen molar-refractivity contribution >= 4 is 0 Å². The summed E-state index contributed by atoms with van der Waals surface area (Å²) in [6, 6.07) is 0. The number of hydrogen-bond donors (Lipinski definition) is 3.